The maximum Gasteiger partial charge on any atom is 0.284 e. The van der Waals surface area contributed by atoms with Crippen molar-refractivity contribution in [2.45, 2.75) is 24.3 Å². The number of nitrogens with one attached hydrogen (secondary N) is 3. The van der Waals surface area contributed by atoms with E-state index in [0.29, 0.717) is 33.9 Å². The highest BCUT2D eigenvalue weighted by Gasteiger charge is 2.34. The second-order valence-electron chi connectivity index (χ2n) is 8.28. The summed E-state index contributed by atoms with van der Waals surface area (Å²) < 4.78 is 52.3. The van der Waals surface area contributed by atoms with E-state index in [4.69, 9.17) is 0 Å². The topological polar surface area (TPSA) is 165 Å². The van der Waals surface area contributed by atoms with Crippen LogP contribution in [-0.2, 0) is 16.6 Å². The van der Waals surface area contributed by atoms with Crippen molar-refractivity contribution < 1.29 is 22.6 Å². The molecular weight excluding hydrogens is 502 g/mol. The van der Waals surface area contributed by atoms with Gasteiger partial charge in [-0.25, -0.2) is 17.8 Å². The molecule has 11 nitrogen and oxygen atoms in total. The number of nitrogens with zero attached hydrogens (tertiary/aromatic N) is 2. The van der Waals surface area contributed by atoms with Crippen LogP contribution in [0.5, 0.6) is 5.75 Å². The first-order valence-electron chi connectivity index (χ1n) is 10.4. The molecule has 0 radical (unpaired) electrons. The molecule has 1 fully saturated rings. The lowest BCUT2D eigenvalue weighted by Gasteiger charge is -2.33. The standard InChI is InChI=1S/C20H23N5O6S3/c1-33(28,29)22-9-12-10-32-19-17(12)34(30,31)24-18(23-19)15-16(26)13-4-2-3-5-14(13)25(20(15)27)21-8-11-6-7-11/h2-5,10-11,21-22,26,30-31H,6-9H2,1H3,(H,23,24). The van der Waals surface area contributed by atoms with Crippen molar-refractivity contribution in [3.8, 4) is 5.75 Å². The van der Waals surface area contributed by atoms with Gasteiger partial charge < -0.3 is 15.8 Å². The first kappa shape index (κ1) is 23.1. The number of pyridine rings is 1. The van der Waals surface area contributed by atoms with Gasteiger partial charge in [0.1, 0.15) is 21.2 Å². The third-order valence-electron chi connectivity index (χ3n) is 5.59. The van der Waals surface area contributed by atoms with E-state index in [-0.39, 0.29) is 28.6 Å². The summed E-state index contributed by atoms with van der Waals surface area (Å²) in [6.07, 6.45) is 3.16. The summed E-state index contributed by atoms with van der Waals surface area (Å²) in [5.74, 6) is -0.0228. The summed E-state index contributed by atoms with van der Waals surface area (Å²) >= 11 is 1.11. The SMILES string of the molecule is CS(=O)(=O)NCc1csc2c1S(O)(O)N=C(c1c(O)c3ccccc3n(NCC3CC3)c1=O)N2. The Labute approximate surface area is 200 Å². The van der Waals surface area contributed by atoms with Gasteiger partial charge in [-0.2, -0.15) is 0 Å². The van der Waals surface area contributed by atoms with Gasteiger partial charge in [0.2, 0.25) is 10.0 Å². The quantitative estimate of drug-likeness (QED) is 0.274. The van der Waals surface area contributed by atoms with Crippen molar-refractivity contribution in [3.05, 3.63) is 51.1 Å². The van der Waals surface area contributed by atoms with Crippen LogP contribution in [0.2, 0.25) is 0 Å². The van der Waals surface area contributed by atoms with Crippen LogP contribution in [0.4, 0.5) is 5.00 Å². The molecule has 0 unspecified atom stereocenters. The first-order valence-corrected chi connectivity index (χ1v) is 14.6. The molecule has 5 rings (SSSR count). The summed E-state index contributed by atoms with van der Waals surface area (Å²) in [7, 11) is -7.29. The molecule has 2 aromatic heterocycles. The van der Waals surface area contributed by atoms with Crippen LogP contribution in [0.15, 0.2) is 43.7 Å². The Kier molecular flexibility index (Phi) is 5.61. The van der Waals surface area contributed by atoms with Crippen LogP contribution >= 0.6 is 22.1 Å². The number of fused-ring (bicyclic) bond motifs is 2. The van der Waals surface area contributed by atoms with E-state index in [1.807, 2.05) is 0 Å². The molecule has 1 aromatic carbocycles. The highest BCUT2D eigenvalue weighted by atomic mass is 32.3. The average Bonchev–Trinajstić information content (AvgIpc) is 3.49. The third-order valence-corrected chi connectivity index (χ3v) is 8.79. The van der Waals surface area contributed by atoms with Crippen LogP contribution in [0, 0.1) is 5.92 Å². The number of thiophene rings is 1. The molecule has 3 aromatic rings. The molecule has 0 saturated heterocycles. The van der Waals surface area contributed by atoms with Crippen molar-refractivity contribution >= 4 is 53.9 Å². The van der Waals surface area contributed by atoms with Crippen LogP contribution in [0.25, 0.3) is 10.9 Å². The predicted octanol–water partition coefficient (Wildman–Crippen LogP) is 2.67. The van der Waals surface area contributed by atoms with Crippen molar-refractivity contribution in [1.29, 1.82) is 0 Å². The third kappa shape index (κ3) is 4.28. The molecule has 0 amide bonds. The summed E-state index contributed by atoms with van der Waals surface area (Å²) in [5.41, 5.74) is 3.19. The number of sulfonamides is 1. The number of hydrogen-bond acceptors (Lipinski definition) is 10. The van der Waals surface area contributed by atoms with E-state index >= 15 is 0 Å². The molecule has 1 saturated carbocycles. The van der Waals surface area contributed by atoms with Gasteiger partial charge in [0.05, 0.1) is 11.8 Å². The van der Waals surface area contributed by atoms with Crippen molar-refractivity contribution in [3.63, 3.8) is 0 Å². The zero-order valence-corrected chi connectivity index (χ0v) is 20.4. The molecule has 2 aliphatic rings. The molecule has 3 heterocycles. The predicted molar refractivity (Wildman–Crippen MR) is 134 cm³/mol. The number of aromatic hydroxyl groups is 1. The van der Waals surface area contributed by atoms with Crippen LogP contribution in [-0.4, -0.2) is 45.9 Å². The Balaban J connectivity index is 1.60. The zero-order valence-electron chi connectivity index (χ0n) is 18.0. The van der Waals surface area contributed by atoms with Gasteiger partial charge in [-0.3, -0.25) is 13.9 Å². The largest absolute Gasteiger partial charge is 0.506 e. The Bertz CT molecular complexity index is 1490. The summed E-state index contributed by atoms with van der Waals surface area (Å²) in [4.78, 5) is 13.5. The Morgan fingerprint density at radius 2 is 2.03 bits per heavy atom. The molecule has 0 atom stereocenters. The van der Waals surface area contributed by atoms with Crippen molar-refractivity contribution in [2.24, 2.45) is 10.3 Å². The fraction of sp³-hybridized carbons (Fsp3) is 0.300. The first-order chi connectivity index (χ1) is 16.0. The van der Waals surface area contributed by atoms with E-state index in [9.17, 15) is 27.4 Å². The highest BCUT2D eigenvalue weighted by molar-refractivity contribution is 8.23. The van der Waals surface area contributed by atoms with Crippen molar-refractivity contribution in [2.75, 3.05) is 23.5 Å². The van der Waals surface area contributed by atoms with Crippen LogP contribution in [0.3, 0.4) is 0 Å². The van der Waals surface area contributed by atoms with Gasteiger partial charge in [0.15, 0.2) is 5.84 Å². The minimum Gasteiger partial charge on any atom is -0.506 e. The number of rotatable bonds is 7. The lowest BCUT2D eigenvalue weighted by molar-refractivity contribution is 0.478. The summed E-state index contributed by atoms with van der Waals surface area (Å²) in [6.45, 7) is 0.446. The summed E-state index contributed by atoms with van der Waals surface area (Å²) in [6, 6.07) is 6.86. The molecular formula is C20H23N5O6S3. The molecule has 14 heteroatoms. The molecule has 182 valence electrons. The van der Waals surface area contributed by atoms with Crippen LogP contribution < -0.4 is 21.0 Å². The van der Waals surface area contributed by atoms with Gasteiger partial charge in [0.25, 0.3) is 5.56 Å². The van der Waals surface area contributed by atoms with E-state index in [2.05, 4.69) is 19.9 Å². The van der Waals surface area contributed by atoms with Crippen molar-refractivity contribution in [1.82, 2.24) is 9.40 Å². The maximum atomic E-state index is 13.5. The Hall–Kier alpha value is -2.62. The average molecular weight is 526 g/mol. The van der Waals surface area contributed by atoms with Gasteiger partial charge in [-0.1, -0.05) is 22.9 Å². The smallest absolute Gasteiger partial charge is 0.284 e. The van der Waals surface area contributed by atoms with Gasteiger partial charge in [-0.05, 0) is 36.3 Å². The second kappa shape index (κ2) is 8.25. The molecule has 6 N–H and O–H groups in total. The monoisotopic (exact) mass is 525 g/mol. The number of amidine groups is 1. The number of aromatic nitrogens is 1. The minimum absolute atomic E-state index is 0.0601. The van der Waals surface area contributed by atoms with Crippen LogP contribution in [0.1, 0.15) is 24.0 Å². The Morgan fingerprint density at radius 1 is 1.29 bits per heavy atom. The Morgan fingerprint density at radius 3 is 2.74 bits per heavy atom. The van der Waals surface area contributed by atoms with E-state index in [0.717, 1.165) is 30.4 Å². The fourth-order valence-electron chi connectivity index (χ4n) is 3.75. The lowest BCUT2D eigenvalue weighted by atomic mass is 10.1. The fourth-order valence-corrected chi connectivity index (χ4v) is 6.84. The highest BCUT2D eigenvalue weighted by Crippen LogP contribution is 2.59. The molecule has 0 spiro atoms. The number of hydrogen-bond donors (Lipinski definition) is 6. The van der Waals surface area contributed by atoms with E-state index in [1.54, 1.807) is 29.6 Å². The molecule has 1 aliphatic carbocycles. The number of anilines is 1. The van der Waals surface area contributed by atoms with Gasteiger partial charge in [0, 0.05) is 24.0 Å². The minimum atomic E-state index is -3.79. The maximum absolute atomic E-state index is 13.5. The van der Waals surface area contributed by atoms with E-state index in [1.165, 1.54) is 4.68 Å². The molecule has 0 bridgehead atoms. The lowest BCUT2D eigenvalue weighted by Crippen LogP contribution is -2.36. The zero-order chi connectivity index (χ0) is 24.3. The number of para-hydroxylation sites is 1. The van der Waals surface area contributed by atoms with Gasteiger partial charge in [-0.15, -0.1) is 15.7 Å². The molecule has 34 heavy (non-hydrogen) atoms. The number of benzene rings is 1. The normalized spacial score (nSPS) is 18.1. The second-order valence-corrected chi connectivity index (χ2v) is 12.6. The van der Waals surface area contributed by atoms with E-state index < -0.39 is 26.4 Å². The molecule has 1 aliphatic heterocycles. The summed E-state index contributed by atoms with van der Waals surface area (Å²) in [5, 5.41) is 16.2. The van der Waals surface area contributed by atoms with Gasteiger partial charge >= 0.3 is 0 Å².